The van der Waals surface area contributed by atoms with Gasteiger partial charge in [-0.15, -0.1) is 0 Å². The minimum absolute atomic E-state index is 0.180. The lowest BCUT2D eigenvalue weighted by atomic mass is 9.89. The Morgan fingerprint density at radius 1 is 1.07 bits per heavy atom. The van der Waals surface area contributed by atoms with Crippen LogP contribution in [0.1, 0.15) is 23.1 Å². The zero-order valence-electron chi connectivity index (χ0n) is 15.2. The van der Waals surface area contributed by atoms with Crippen molar-refractivity contribution in [2.75, 3.05) is 24.2 Å². The lowest BCUT2D eigenvalue weighted by molar-refractivity contribution is 0.342. The molecule has 6 nitrogen and oxygen atoms in total. The molecule has 0 saturated heterocycles. The Balaban J connectivity index is 1.63. The van der Waals surface area contributed by atoms with Crippen molar-refractivity contribution < 1.29 is 4.74 Å². The predicted molar refractivity (Wildman–Crippen MR) is 109 cm³/mol. The number of nitrogens with one attached hydrogen (secondary N) is 1. The number of rotatable bonds is 5. The topological polar surface area (TPSA) is 96.9 Å². The molecule has 0 spiro atoms. The molecule has 1 aliphatic rings. The summed E-state index contributed by atoms with van der Waals surface area (Å²) in [7, 11) is 0. The molecular weight excluding hydrogens is 350 g/mol. The van der Waals surface area contributed by atoms with Gasteiger partial charge in [0.1, 0.15) is 42.0 Å². The van der Waals surface area contributed by atoms with Crippen molar-refractivity contribution in [3.8, 4) is 11.8 Å². The third-order valence-electron chi connectivity index (χ3n) is 4.68. The molecule has 28 heavy (non-hydrogen) atoms. The van der Waals surface area contributed by atoms with Crippen LogP contribution in [0.5, 0.6) is 5.75 Å². The number of benzene rings is 2. The zero-order valence-corrected chi connectivity index (χ0v) is 15.2. The number of aromatic nitrogens is 2. The maximum atomic E-state index is 9.27. The van der Waals surface area contributed by atoms with E-state index in [1.165, 1.54) is 17.5 Å². The van der Waals surface area contributed by atoms with E-state index in [9.17, 15) is 5.26 Å². The highest BCUT2D eigenvalue weighted by molar-refractivity contribution is 5.86. The van der Waals surface area contributed by atoms with E-state index < -0.39 is 0 Å². The van der Waals surface area contributed by atoms with Crippen LogP contribution in [0.3, 0.4) is 0 Å². The summed E-state index contributed by atoms with van der Waals surface area (Å²) in [5.74, 6) is 1.53. The van der Waals surface area contributed by atoms with E-state index in [1.54, 1.807) is 0 Å². The summed E-state index contributed by atoms with van der Waals surface area (Å²) in [5, 5.41) is 12.5. The molecule has 4 rings (SSSR count). The first-order valence-corrected chi connectivity index (χ1v) is 9.02. The van der Waals surface area contributed by atoms with Gasteiger partial charge < -0.3 is 15.8 Å². The molecule has 0 amide bonds. The van der Waals surface area contributed by atoms with Crippen molar-refractivity contribution in [1.29, 1.82) is 5.26 Å². The third kappa shape index (κ3) is 3.38. The van der Waals surface area contributed by atoms with E-state index in [-0.39, 0.29) is 11.4 Å². The molecule has 3 aromatic rings. The van der Waals surface area contributed by atoms with Gasteiger partial charge in [0.25, 0.3) is 0 Å². The van der Waals surface area contributed by atoms with Crippen LogP contribution in [0.2, 0.25) is 0 Å². The maximum Gasteiger partial charge on any atom is 0.149 e. The second-order valence-electron chi connectivity index (χ2n) is 6.40. The van der Waals surface area contributed by atoms with Gasteiger partial charge in [-0.05, 0) is 29.2 Å². The van der Waals surface area contributed by atoms with Gasteiger partial charge in [-0.2, -0.15) is 5.26 Å². The van der Waals surface area contributed by atoms with Crippen LogP contribution in [-0.4, -0.2) is 23.1 Å². The van der Waals surface area contributed by atoms with Gasteiger partial charge in [0.05, 0.1) is 0 Å². The molecule has 0 aliphatic carbocycles. The molecule has 0 radical (unpaired) electrons. The van der Waals surface area contributed by atoms with Crippen LogP contribution in [0.4, 0.5) is 11.6 Å². The summed E-state index contributed by atoms with van der Waals surface area (Å²) in [4.78, 5) is 7.99. The number of nitrogen functional groups attached to an aromatic ring is 1. The summed E-state index contributed by atoms with van der Waals surface area (Å²) >= 11 is 0. The van der Waals surface area contributed by atoms with Crippen molar-refractivity contribution in [2.24, 2.45) is 0 Å². The molecule has 138 valence electrons. The number of nitrogens with zero attached hydrogens (tertiary/aromatic N) is 3. The van der Waals surface area contributed by atoms with E-state index >= 15 is 0 Å². The van der Waals surface area contributed by atoms with Crippen LogP contribution >= 0.6 is 0 Å². The minimum atomic E-state index is 0.180. The predicted octanol–water partition coefficient (Wildman–Crippen LogP) is 3.63. The number of nitriles is 1. The lowest BCUT2D eigenvalue weighted by Crippen LogP contribution is -2.16. The van der Waals surface area contributed by atoms with Gasteiger partial charge in [0, 0.05) is 12.1 Å². The standard InChI is InChI=1S/C22H19N5O/c23-12-18-21(24)26-14-27-22(18)25-11-10-16-13-28-19-9-5-4-8-17(19)20(16)15-6-2-1-3-7-15/h1-9,14H,10-11,13H2,(H3,24,25,26,27). The highest BCUT2D eigenvalue weighted by Crippen LogP contribution is 2.38. The minimum Gasteiger partial charge on any atom is -0.489 e. The fourth-order valence-corrected chi connectivity index (χ4v) is 3.36. The highest BCUT2D eigenvalue weighted by atomic mass is 16.5. The number of ether oxygens (including phenoxy) is 1. The van der Waals surface area contributed by atoms with Gasteiger partial charge in [0.15, 0.2) is 0 Å². The molecule has 0 bridgehead atoms. The average molecular weight is 369 g/mol. The molecule has 2 aromatic carbocycles. The van der Waals surface area contributed by atoms with E-state index in [2.05, 4.69) is 39.6 Å². The van der Waals surface area contributed by atoms with Crippen LogP contribution in [-0.2, 0) is 0 Å². The fourth-order valence-electron chi connectivity index (χ4n) is 3.36. The van der Waals surface area contributed by atoms with Crippen LogP contribution in [0, 0.1) is 11.3 Å². The maximum absolute atomic E-state index is 9.27. The highest BCUT2D eigenvalue weighted by Gasteiger charge is 2.21. The summed E-state index contributed by atoms with van der Waals surface area (Å²) in [6.07, 6.45) is 2.10. The first-order chi connectivity index (χ1) is 13.8. The Hall–Kier alpha value is -3.85. The molecule has 6 heteroatoms. The molecule has 0 fully saturated rings. The zero-order chi connectivity index (χ0) is 19.3. The molecule has 2 heterocycles. The van der Waals surface area contributed by atoms with Gasteiger partial charge in [-0.25, -0.2) is 9.97 Å². The monoisotopic (exact) mass is 369 g/mol. The Labute approximate surface area is 163 Å². The number of para-hydroxylation sites is 1. The lowest BCUT2D eigenvalue weighted by Gasteiger charge is -2.25. The van der Waals surface area contributed by atoms with Crippen LogP contribution in [0.25, 0.3) is 5.57 Å². The second-order valence-corrected chi connectivity index (χ2v) is 6.40. The van der Waals surface area contributed by atoms with Gasteiger partial charge >= 0.3 is 0 Å². The normalized spacial score (nSPS) is 12.7. The summed E-state index contributed by atoms with van der Waals surface area (Å²) in [6, 6.07) is 20.5. The molecular formula is C22H19N5O. The van der Waals surface area contributed by atoms with Crippen LogP contribution in [0.15, 0.2) is 66.5 Å². The number of hydrogen-bond donors (Lipinski definition) is 2. The van der Waals surface area contributed by atoms with Crippen molar-refractivity contribution in [3.05, 3.63) is 83.2 Å². The third-order valence-corrected chi connectivity index (χ3v) is 4.68. The smallest absolute Gasteiger partial charge is 0.149 e. The molecule has 1 aromatic heterocycles. The van der Waals surface area contributed by atoms with Gasteiger partial charge in [-0.1, -0.05) is 48.5 Å². The summed E-state index contributed by atoms with van der Waals surface area (Å²) in [5.41, 5.74) is 10.7. The molecule has 0 atom stereocenters. The van der Waals surface area contributed by atoms with Crippen molar-refractivity contribution in [1.82, 2.24) is 9.97 Å². The van der Waals surface area contributed by atoms with Crippen LogP contribution < -0.4 is 15.8 Å². The number of hydrogen-bond acceptors (Lipinski definition) is 6. The van der Waals surface area contributed by atoms with E-state index in [1.807, 2.05) is 36.4 Å². The van der Waals surface area contributed by atoms with E-state index in [0.717, 1.165) is 23.3 Å². The first-order valence-electron chi connectivity index (χ1n) is 9.02. The Morgan fingerprint density at radius 2 is 1.86 bits per heavy atom. The summed E-state index contributed by atoms with van der Waals surface area (Å²) < 4.78 is 5.97. The number of fused-ring (bicyclic) bond motifs is 1. The molecule has 3 N–H and O–H groups in total. The number of anilines is 2. The SMILES string of the molecule is N#Cc1c(N)ncnc1NCCC1=C(c2ccccc2)c2ccccc2OC1. The van der Waals surface area contributed by atoms with E-state index in [4.69, 9.17) is 10.5 Å². The first kappa shape index (κ1) is 17.6. The Kier molecular flexibility index (Phi) is 4.89. The Morgan fingerprint density at radius 3 is 2.68 bits per heavy atom. The van der Waals surface area contributed by atoms with Crippen molar-refractivity contribution in [2.45, 2.75) is 6.42 Å². The number of nitrogens with two attached hydrogens (primary N) is 1. The quantitative estimate of drug-likeness (QED) is 0.713. The molecule has 0 unspecified atom stereocenters. The fraction of sp³-hybridized carbons (Fsp3) is 0.136. The Bertz CT molecular complexity index is 1070. The van der Waals surface area contributed by atoms with Crippen molar-refractivity contribution >= 4 is 17.2 Å². The second kappa shape index (κ2) is 7.80. The molecule has 0 saturated carbocycles. The largest absolute Gasteiger partial charge is 0.489 e. The van der Waals surface area contributed by atoms with Gasteiger partial charge in [-0.3, -0.25) is 0 Å². The summed E-state index contributed by atoms with van der Waals surface area (Å²) in [6.45, 7) is 1.13. The van der Waals surface area contributed by atoms with E-state index in [0.29, 0.717) is 19.0 Å². The van der Waals surface area contributed by atoms with Crippen molar-refractivity contribution in [3.63, 3.8) is 0 Å². The average Bonchev–Trinajstić information content (AvgIpc) is 2.74. The van der Waals surface area contributed by atoms with Gasteiger partial charge in [0.2, 0.25) is 0 Å². The molecule has 1 aliphatic heterocycles.